The highest BCUT2D eigenvalue weighted by Gasteiger charge is 2.04. The molecule has 0 fully saturated rings. The minimum atomic E-state index is -0.243. The predicted octanol–water partition coefficient (Wildman–Crippen LogP) is 2.70. The molecular weight excluding hydrogens is 264 g/mol. The topological polar surface area (TPSA) is 58.2 Å². The predicted molar refractivity (Wildman–Crippen MR) is 83.9 cm³/mol. The van der Waals surface area contributed by atoms with Crippen molar-refractivity contribution in [1.29, 1.82) is 0 Å². The first-order valence-corrected chi connectivity index (χ1v) is 6.55. The lowest BCUT2D eigenvalue weighted by atomic mass is 10.2. The van der Waals surface area contributed by atoms with Crippen molar-refractivity contribution in [2.24, 2.45) is 0 Å². The van der Waals surface area contributed by atoms with Crippen molar-refractivity contribution in [3.05, 3.63) is 71.8 Å². The summed E-state index contributed by atoms with van der Waals surface area (Å²) in [5, 5.41) is 5.27. The number of hydrogen-bond acceptors (Lipinski definition) is 2. The highest BCUT2D eigenvalue weighted by Crippen LogP contribution is 2.11. The minimum Gasteiger partial charge on any atom is -0.355 e. The van der Waals surface area contributed by atoms with Gasteiger partial charge in [0.05, 0.1) is 0 Å². The van der Waals surface area contributed by atoms with Crippen LogP contribution in [-0.4, -0.2) is 18.9 Å². The van der Waals surface area contributed by atoms with Gasteiger partial charge in [-0.2, -0.15) is 0 Å². The molecule has 2 aromatic carbocycles. The summed E-state index contributed by atoms with van der Waals surface area (Å²) in [6.45, 7) is 0. The van der Waals surface area contributed by atoms with Gasteiger partial charge in [-0.05, 0) is 29.8 Å². The van der Waals surface area contributed by atoms with Gasteiger partial charge in [-0.3, -0.25) is 9.59 Å². The van der Waals surface area contributed by atoms with E-state index in [9.17, 15) is 9.59 Å². The van der Waals surface area contributed by atoms with Gasteiger partial charge in [-0.25, -0.2) is 0 Å². The lowest BCUT2D eigenvalue weighted by Gasteiger charge is -2.05. The second kappa shape index (κ2) is 7.05. The van der Waals surface area contributed by atoms with Crippen LogP contribution in [0.15, 0.2) is 60.7 Å². The first-order chi connectivity index (χ1) is 10.2. The van der Waals surface area contributed by atoms with Gasteiger partial charge >= 0.3 is 0 Å². The molecule has 0 aliphatic rings. The molecule has 0 spiro atoms. The lowest BCUT2D eigenvalue weighted by Crippen LogP contribution is -2.18. The zero-order valence-electron chi connectivity index (χ0n) is 11.7. The third-order valence-corrected chi connectivity index (χ3v) is 2.85. The molecule has 0 saturated heterocycles. The Bertz CT molecular complexity index is 664. The van der Waals surface area contributed by atoms with Gasteiger partial charge in [0.15, 0.2) is 0 Å². The van der Waals surface area contributed by atoms with E-state index in [-0.39, 0.29) is 11.8 Å². The zero-order valence-corrected chi connectivity index (χ0v) is 11.7. The maximum absolute atomic E-state index is 11.8. The maximum Gasteiger partial charge on any atom is 0.251 e. The van der Waals surface area contributed by atoms with E-state index < -0.39 is 0 Å². The molecule has 4 nitrogen and oxygen atoms in total. The monoisotopic (exact) mass is 280 g/mol. The molecule has 106 valence electrons. The molecule has 0 saturated carbocycles. The molecule has 0 atom stereocenters. The molecule has 2 rings (SSSR count). The smallest absolute Gasteiger partial charge is 0.251 e. The van der Waals surface area contributed by atoms with Gasteiger partial charge in [0.25, 0.3) is 5.91 Å². The van der Waals surface area contributed by atoms with E-state index in [1.165, 1.54) is 6.08 Å². The number of nitrogens with one attached hydrogen (secondary N) is 2. The fourth-order valence-electron chi connectivity index (χ4n) is 1.80. The second-order valence-electron chi connectivity index (χ2n) is 4.39. The summed E-state index contributed by atoms with van der Waals surface area (Å²) >= 11 is 0. The van der Waals surface area contributed by atoms with Crippen LogP contribution in [0.1, 0.15) is 15.9 Å². The van der Waals surface area contributed by atoms with Crippen molar-refractivity contribution >= 4 is 23.6 Å². The number of anilines is 1. The van der Waals surface area contributed by atoms with Crippen LogP contribution in [0.25, 0.3) is 6.08 Å². The standard InChI is InChI=1S/C17H16N2O2/c1-18-17(21)14-8-5-9-15(12-14)19-16(20)11-10-13-6-3-2-4-7-13/h2-12H,1H3,(H,18,21)(H,19,20)/b11-10+. The van der Waals surface area contributed by atoms with Crippen molar-refractivity contribution < 1.29 is 9.59 Å². The van der Waals surface area contributed by atoms with Gasteiger partial charge in [-0.15, -0.1) is 0 Å². The summed E-state index contributed by atoms with van der Waals surface area (Å²) in [4.78, 5) is 23.4. The van der Waals surface area contributed by atoms with Crippen LogP contribution in [-0.2, 0) is 4.79 Å². The van der Waals surface area contributed by atoms with Crippen LogP contribution in [0.3, 0.4) is 0 Å². The molecule has 2 N–H and O–H groups in total. The first kappa shape index (κ1) is 14.5. The van der Waals surface area contributed by atoms with Crippen LogP contribution in [0.2, 0.25) is 0 Å². The molecule has 0 bridgehead atoms. The lowest BCUT2D eigenvalue weighted by molar-refractivity contribution is -0.111. The molecule has 21 heavy (non-hydrogen) atoms. The molecule has 0 aliphatic heterocycles. The molecule has 0 unspecified atom stereocenters. The normalized spacial score (nSPS) is 10.3. The van der Waals surface area contributed by atoms with Crippen LogP contribution in [0.5, 0.6) is 0 Å². The van der Waals surface area contributed by atoms with Gasteiger partial charge < -0.3 is 10.6 Å². The SMILES string of the molecule is CNC(=O)c1cccc(NC(=O)/C=C/c2ccccc2)c1. The number of hydrogen-bond donors (Lipinski definition) is 2. The number of carbonyl (C=O) groups excluding carboxylic acids is 2. The Hall–Kier alpha value is -2.88. The van der Waals surface area contributed by atoms with E-state index in [2.05, 4.69) is 10.6 Å². The number of benzene rings is 2. The molecule has 0 aromatic heterocycles. The van der Waals surface area contributed by atoms with Crippen molar-refractivity contribution in [1.82, 2.24) is 5.32 Å². The van der Waals surface area contributed by atoms with E-state index >= 15 is 0 Å². The Balaban J connectivity index is 2.03. The fraction of sp³-hybridized carbons (Fsp3) is 0.0588. The van der Waals surface area contributed by atoms with Gasteiger partial charge in [-0.1, -0.05) is 36.4 Å². The van der Waals surface area contributed by atoms with E-state index in [0.29, 0.717) is 11.3 Å². The third kappa shape index (κ3) is 4.31. The van der Waals surface area contributed by atoms with E-state index in [4.69, 9.17) is 0 Å². The van der Waals surface area contributed by atoms with Crippen LogP contribution in [0.4, 0.5) is 5.69 Å². The van der Waals surface area contributed by atoms with E-state index in [1.807, 2.05) is 30.3 Å². The van der Waals surface area contributed by atoms with Gasteiger partial charge in [0.2, 0.25) is 5.91 Å². The highest BCUT2D eigenvalue weighted by molar-refractivity contribution is 6.03. The van der Waals surface area contributed by atoms with E-state index in [1.54, 1.807) is 37.4 Å². The summed E-state index contributed by atoms with van der Waals surface area (Å²) in [5.74, 6) is -0.432. The second-order valence-corrected chi connectivity index (χ2v) is 4.39. The van der Waals surface area contributed by atoms with Crippen molar-refractivity contribution in [2.45, 2.75) is 0 Å². The average Bonchev–Trinajstić information content (AvgIpc) is 2.53. The largest absolute Gasteiger partial charge is 0.355 e. The van der Waals surface area contributed by atoms with Gasteiger partial charge in [0.1, 0.15) is 0 Å². The van der Waals surface area contributed by atoms with Crippen LogP contribution < -0.4 is 10.6 Å². The fourth-order valence-corrected chi connectivity index (χ4v) is 1.80. The Kier molecular flexibility index (Phi) is 4.88. The summed E-state index contributed by atoms with van der Waals surface area (Å²) in [6.07, 6.45) is 3.19. The Labute approximate surface area is 123 Å². The summed E-state index contributed by atoms with van der Waals surface area (Å²) < 4.78 is 0. The molecule has 0 radical (unpaired) electrons. The van der Waals surface area contributed by atoms with Crippen molar-refractivity contribution in [2.75, 3.05) is 12.4 Å². The average molecular weight is 280 g/mol. The molecule has 4 heteroatoms. The van der Waals surface area contributed by atoms with Crippen molar-refractivity contribution in [3.63, 3.8) is 0 Å². The van der Waals surface area contributed by atoms with E-state index in [0.717, 1.165) is 5.56 Å². The quantitative estimate of drug-likeness (QED) is 0.846. The first-order valence-electron chi connectivity index (χ1n) is 6.55. The summed E-state index contributed by atoms with van der Waals surface area (Å²) in [5.41, 5.74) is 2.04. The number of carbonyl (C=O) groups is 2. The Morgan fingerprint density at radius 1 is 1.00 bits per heavy atom. The van der Waals surface area contributed by atoms with Crippen LogP contribution >= 0.6 is 0 Å². The highest BCUT2D eigenvalue weighted by atomic mass is 16.2. The maximum atomic E-state index is 11.8. The molecule has 2 aromatic rings. The molecular formula is C17H16N2O2. The molecule has 2 amide bonds. The zero-order chi connectivity index (χ0) is 15.1. The van der Waals surface area contributed by atoms with Crippen LogP contribution in [0, 0.1) is 0 Å². The Morgan fingerprint density at radius 2 is 1.76 bits per heavy atom. The molecule has 0 aliphatic carbocycles. The summed E-state index contributed by atoms with van der Waals surface area (Å²) in [7, 11) is 1.57. The minimum absolute atomic E-state index is 0.189. The van der Waals surface area contributed by atoms with Crippen molar-refractivity contribution in [3.8, 4) is 0 Å². The number of rotatable bonds is 4. The summed E-state index contributed by atoms with van der Waals surface area (Å²) in [6, 6.07) is 16.3. The third-order valence-electron chi connectivity index (χ3n) is 2.85. The Morgan fingerprint density at radius 3 is 2.48 bits per heavy atom. The molecule has 0 heterocycles. The van der Waals surface area contributed by atoms with Gasteiger partial charge in [0, 0.05) is 24.4 Å². The number of amides is 2.